The minimum absolute atomic E-state index is 0.780. The first-order valence-electron chi connectivity index (χ1n) is 6.84. The lowest BCUT2D eigenvalue weighted by atomic mass is 10.1. The molecule has 2 aromatic rings. The molecule has 1 N–H and O–H groups in total. The van der Waals surface area contributed by atoms with Gasteiger partial charge in [0.15, 0.2) is 0 Å². The van der Waals surface area contributed by atoms with Gasteiger partial charge in [-0.05, 0) is 43.0 Å². The lowest BCUT2D eigenvalue weighted by Crippen LogP contribution is -2.18. The number of nitriles is 1. The number of rotatable bonds is 2. The van der Waals surface area contributed by atoms with Gasteiger partial charge >= 0.3 is 0 Å². The quantitative estimate of drug-likeness (QED) is 0.896. The predicted octanol–water partition coefficient (Wildman–Crippen LogP) is 4.22. The lowest BCUT2D eigenvalue weighted by molar-refractivity contribution is 0.944. The maximum atomic E-state index is 9.47. The molecule has 0 atom stereocenters. The zero-order valence-corrected chi connectivity index (χ0v) is 13.0. The fourth-order valence-corrected chi connectivity index (χ4v) is 3.22. The summed E-state index contributed by atoms with van der Waals surface area (Å²) in [5, 5.41) is 9.47. The summed E-state index contributed by atoms with van der Waals surface area (Å²) < 4.78 is 1.05. The van der Waals surface area contributed by atoms with Gasteiger partial charge in [-0.2, -0.15) is 5.26 Å². The van der Waals surface area contributed by atoms with Gasteiger partial charge in [-0.1, -0.05) is 28.1 Å². The highest BCUT2D eigenvalue weighted by molar-refractivity contribution is 9.10. The number of hydrogen-bond donors (Lipinski definition) is 1. The van der Waals surface area contributed by atoms with Crippen molar-refractivity contribution in [2.45, 2.75) is 19.8 Å². The first-order chi connectivity index (χ1) is 9.70. The number of halogens is 1. The molecule has 1 aliphatic rings. The molecule has 2 heterocycles. The third-order valence-corrected chi connectivity index (χ3v) is 4.37. The third kappa shape index (κ3) is 2.23. The summed E-state index contributed by atoms with van der Waals surface area (Å²) in [6, 6.07) is 10.5. The zero-order chi connectivity index (χ0) is 14.1. The highest BCUT2D eigenvalue weighted by Gasteiger charge is 2.22. The molecule has 0 spiro atoms. The van der Waals surface area contributed by atoms with Crippen molar-refractivity contribution in [2.75, 3.05) is 18.0 Å². The summed E-state index contributed by atoms with van der Waals surface area (Å²) in [6.07, 6.45) is 2.41. The van der Waals surface area contributed by atoms with Gasteiger partial charge < -0.3 is 9.88 Å². The summed E-state index contributed by atoms with van der Waals surface area (Å²) in [4.78, 5) is 5.75. The number of aromatic nitrogens is 1. The van der Waals surface area contributed by atoms with Crippen molar-refractivity contribution in [3.63, 3.8) is 0 Å². The van der Waals surface area contributed by atoms with Crippen molar-refractivity contribution in [1.29, 1.82) is 5.26 Å². The Labute approximate surface area is 127 Å². The second kappa shape index (κ2) is 5.34. The molecule has 0 aliphatic carbocycles. The van der Waals surface area contributed by atoms with Crippen LogP contribution in [-0.4, -0.2) is 18.1 Å². The molecule has 1 fully saturated rings. The monoisotopic (exact) mass is 329 g/mol. The largest absolute Gasteiger partial charge is 0.357 e. The fourth-order valence-electron chi connectivity index (χ4n) is 2.82. The zero-order valence-electron chi connectivity index (χ0n) is 11.4. The predicted molar refractivity (Wildman–Crippen MR) is 84.8 cm³/mol. The van der Waals surface area contributed by atoms with Crippen LogP contribution in [0.2, 0.25) is 0 Å². The summed E-state index contributed by atoms with van der Waals surface area (Å²) >= 11 is 3.50. The maximum Gasteiger partial charge on any atom is 0.124 e. The molecule has 20 heavy (non-hydrogen) atoms. The molecule has 3 rings (SSSR count). The van der Waals surface area contributed by atoms with Gasteiger partial charge in [0.25, 0.3) is 0 Å². The number of aromatic amines is 1. The van der Waals surface area contributed by atoms with Crippen LogP contribution in [0.25, 0.3) is 11.3 Å². The van der Waals surface area contributed by atoms with E-state index in [-0.39, 0.29) is 0 Å². The SMILES string of the molecule is Cc1c(-c2cccc(Br)c2)[nH]c(N2CCCC2)c1C#N. The van der Waals surface area contributed by atoms with E-state index in [4.69, 9.17) is 0 Å². The molecule has 0 unspecified atom stereocenters. The Balaban J connectivity index is 2.11. The van der Waals surface area contributed by atoms with E-state index in [1.165, 1.54) is 12.8 Å². The van der Waals surface area contributed by atoms with E-state index in [1.54, 1.807) is 0 Å². The summed E-state index contributed by atoms with van der Waals surface area (Å²) in [6.45, 7) is 4.09. The third-order valence-electron chi connectivity index (χ3n) is 3.88. The Kier molecular flexibility index (Phi) is 3.54. The van der Waals surface area contributed by atoms with Crippen LogP contribution >= 0.6 is 15.9 Å². The van der Waals surface area contributed by atoms with Gasteiger partial charge in [0.05, 0.1) is 11.3 Å². The second-order valence-electron chi connectivity index (χ2n) is 5.16. The van der Waals surface area contributed by atoms with E-state index in [0.717, 1.165) is 45.8 Å². The Morgan fingerprint density at radius 1 is 1.30 bits per heavy atom. The molecule has 1 aromatic carbocycles. The second-order valence-corrected chi connectivity index (χ2v) is 6.08. The van der Waals surface area contributed by atoms with Crippen LogP contribution in [0, 0.1) is 18.3 Å². The normalized spacial score (nSPS) is 14.6. The molecule has 1 saturated heterocycles. The fraction of sp³-hybridized carbons (Fsp3) is 0.312. The average Bonchev–Trinajstić information content (AvgIpc) is 3.05. The smallest absolute Gasteiger partial charge is 0.124 e. The first kappa shape index (κ1) is 13.3. The van der Waals surface area contributed by atoms with Crippen LogP contribution < -0.4 is 4.90 Å². The molecule has 102 valence electrons. The number of H-pyrrole nitrogens is 1. The van der Waals surface area contributed by atoms with Gasteiger partial charge in [0.2, 0.25) is 0 Å². The molecule has 0 radical (unpaired) electrons. The highest BCUT2D eigenvalue weighted by Crippen LogP contribution is 2.34. The standard InChI is InChI=1S/C16H16BrN3/c1-11-14(10-18)16(20-7-2-3-8-20)19-15(11)12-5-4-6-13(17)9-12/h4-6,9,19H,2-3,7-8H2,1H3. The van der Waals surface area contributed by atoms with Crippen molar-refractivity contribution >= 4 is 21.7 Å². The Morgan fingerprint density at radius 3 is 2.70 bits per heavy atom. The summed E-state index contributed by atoms with van der Waals surface area (Å²) in [5.74, 6) is 0.984. The number of nitrogens with zero attached hydrogens (tertiary/aromatic N) is 2. The number of anilines is 1. The van der Waals surface area contributed by atoms with E-state index >= 15 is 0 Å². The van der Waals surface area contributed by atoms with Crippen molar-refractivity contribution in [3.8, 4) is 17.3 Å². The molecule has 3 nitrogen and oxygen atoms in total. The Morgan fingerprint density at radius 2 is 2.05 bits per heavy atom. The average molecular weight is 330 g/mol. The van der Waals surface area contributed by atoms with Gasteiger partial charge in [0.1, 0.15) is 11.9 Å². The van der Waals surface area contributed by atoms with Crippen LogP contribution in [0.1, 0.15) is 24.0 Å². The number of nitrogens with one attached hydrogen (secondary N) is 1. The molecule has 0 bridgehead atoms. The van der Waals surface area contributed by atoms with Gasteiger partial charge in [-0.15, -0.1) is 0 Å². The molecule has 1 aliphatic heterocycles. The molecule has 0 amide bonds. The number of benzene rings is 1. The van der Waals surface area contributed by atoms with Crippen molar-refractivity contribution in [2.24, 2.45) is 0 Å². The van der Waals surface area contributed by atoms with Crippen LogP contribution in [0.4, 0.5) is 5.82 Å². The lowest BCUT2D eigenvalue weighted by Gasteiger charge is -2.15. The van der Waals surface area contributed by atoms with Crippen LogP contribution in [0.15, 0.2) is 28.7 Å². The molecule has 4 heteroatoms. The molecule has 0 saturated carbocycles. The Bertz CT molecular complexity index is 676. The van der Waals surface area contributed by atoms with Crippen molar-refractivity contribution in [3.05, 3.63) is 39.9 Å². The molecular weight excluding hydrogens is 314 g/mol. The van der Waals surface area contributed by atoms with Crippen LogP contribution in [0.5, 0.6) is 0 Å². The summed E-state index contributed by atoms with van der Waals surface area (Å²) in [7, 11) is 0. The molecule has 1 aromatic heterocycles. The van der Waals surface area contributed by atoms with Gasteiger partial charge in [-0.3, -0.25) is 0 Å². The van der Waals surface area contributed by atoms with E-state index in [2.05, 4.69) is 44.0 Å². The van der Waals surface area contributed by atoms with E-state index in [0.29, 0.717) is 0 Å². The van der Waals surface area contributed by atoms with E-state index < -0.39 is 0 Å². The first-order valence-corrected chi connectivity index (χ1v) is 7.63. The van der Waals surface area contributed by atoms with Gasteiger partial charge in [0, 0.05) is 17.6 Å². The van der Waals surface area contributed by atoms with Gasteiger partial charge in [-0.25, -0.2) is 0 Å². The Hall–Kier alpha value is -1.73. The van der Waals surface area contributed by atoms with Crippen LogP contribution in [-0.2, 0) is 0 Å². The maximum absolute atomic E-state index is 9.47. The summed E-state index contributed by atoms with van der Waals surface area (Å²) in [5.41, 5.74) is 3.97. The van der Waals surface area contributed by atoms with Crippen molar-refractivity contribution in [1.82, 2.24) is 4.98 Å². The van der Waals surface area contributed by atoms with E-state index in [9.17, 15) is 5.26 Å². The molecular formula is C16H16BrN3. The topological polar surface area (TPSA) is 42.8 Å². The van der Waals surface area contributed by atoms with Crippen molar-refractivity contribution < 1.29 is 0 Å². The van der Waals surface area contributed by atoms with E-state index in [1.807, 2.05) is 19.1 Å². The minimum atomic E-state index is 0.780. The minimum Gasteiger partial charge on any atom is -0.357 e. The highest BCUT2D eigenvalue weighted by atomic mass is 79.9. The number of hydrogen-bond acceptors (Lipinski definition) is 2. The van der Waals surface area contributed by atoms with Crippen LogP contribution in [0.3, 0.4) is 0 Å².